The van der Waals surface area contributed by atoms with Crippen LogP contribution in [0.2, 0.25) is 5.02 Å². The highest BCUT2D eigenvalue weighted by molar-refractivity contribution is 7.14. The van der Waals surface area contributed by atoms with Crippen LogP contribution in [0.1, 0.15) is 37.5 Å². The molecule has 0 fully saturated rings. The van der Waals surface area contributed by atoms with Crippen molar-refractivity contribution < 1.29 is 19.8 Å². The summed E-state index contributed by atoms with van der Waals surface area (Å²) in [5.41, 5.74) is 2.06. The molecule has 0 aliphatic carbocycles. The molecule has 0 bridgehead atoms. The number of halogens is 1. The van der Waals surface area contributed by atoms with Gasteiger partial charge in [-0.2, -0.15) is 0 Å². The number of hydrogen-bond acceptors (Lipinski definition) is 6. The Kier molecular flexibility index (Phi) is 6.04. The number of rotatable bonds is 6. The van der Waals surface area contributed by atoms with Gasteiger partial charge in [0.05, 0.1) is 27.2 Å². The third kappa shape index (κ3) is 4.13. The average Bonchev–Trinajstić information content (AvgIpc) is 3.23. The van der Waals surface area contributed by atoms with Crippen LogP contribution in [-0.2, 0) is 11.2 Å². The number of aromatic hydroxyl groups is 1. The van der Waals surface area contributed by atoms with Crippen molar-refractivity contribution in [3.05, 3.63) is 91.6 Å². The van der Waals surface area contributed by atoms with E-state index in [1.165, 1.54) is 28.4 Å². The first-order valence-corrected chi connectivity index (χ1v) is 11.2. The first-order chi connectivity index (χ1) is 15.3. The minimum Gasteiger partial charge on any atom is -0.508 e. The number of carbonyl (C=O) groups excluding carboxylic acids is 2. The van der Waals surface area contributed by atoms with Crippen LogP contribution in [0, 0.1) is 13.8 Å². The molecule has 1 aliphatic heterocycles. The van der Waals surface area contributed by atoms with E-state index in [4.69, 9.17) is 11.6 Å². The largest absolute Gasteiger partial charge is 0.508 e. The van der Waals surface area contributed by atoms with E-state index in [9.17, 15) is 19.8 Å². The summed E-state index contributed by atoms with van der Waals surface area (Å²) < 4.78 is 0. The van der Waals surface area contributed by atoms with E-state index in [1.807, 2.05) is 12.1 Å². The predicted molar refractivity (Wildman–Crippen MR) is 123 cm³/mol. The smallest absolute Gasteiger partial charge is 0.290 e. The zero-order chi connectivity index (χ0) is 23.0. The van der Waals surface area contributed by atoms with Gasteiger partial charge in [-0.15, -0.1) is 11.3 Å². The van der Waals surface area contributed by atoms with Crippen molar-refractivity contribution in [1.29, 1.82) is 0 Å². The van der Waals surface area contributed by atoms with Gasteiger partial charge in [0, 0.05) is 11.6 Å². The van der Waals surface area contributed by atoms with Crippen molar-refractivity contribution >= 4 is 34.6 Å². The number of carbonyl (C=O) groups is 2. The van der Waals surface area contributed by atoms with Crippen LogP contribution >= 0.6 is 22.9 Å². The van der Waals surface area contributed by atoms with E-state index in [-0.39, 0.29) is 17.9 Å². The normalized spacial score (nSPS) is 16.2. The van der Waals surface area contributed by atoms with Gasteiger partial charge in [-0.1, -0.05) is 35.9 Å². The molecule has 0 saturated heterocycles. The van der Waals surface area contributed by atoms with E-state index < -0.39 is 23.5 Å². The molecule has 0 radical (unpaired) electrons. The van der Waals surface area contributed by atoms with Gasteiger partial charge in [-0.3, -0.25) is 9.59 Å². The number of aliphatic hydroxyl groups excluding tert-OH is 1. The number of aryl methyl sites for hydroxylation is 2. The summed E-state index contributed by atoms with van der Waals surface area (Å²) >= 11 is 7.18. The molecule has 1 amide bonds. The van der Waals surface area contributed by atoms with E-state index >= 15 is 0 Å². The Balaban J connectivity index is 1.73. The van der Waals surface area contributed by atoms with E-state index in [0.717, 1.165) is 10.6 Å². The summed E-state index contributed by atoms with van der Waals surface area (Å²) in [7, 11) is 0. The Bertz CT molecular complexity index is 1230. The molecule has 1 atom stereocenters. The minimum absolute atomic E-state index is 0.00320. The van der Waals surface area contributed by atoms with Crippen molar-refractivity contribution in [2.24, 2.45) is 0 Å². The molecule has 1 unspecified atom stereocenters. The number of hydrogen-bond donors (Lipinski definition) is 2. The molecule has 2 heterocycles. The van der Waals surface area contributed by atoms with E-state index in [1.54, 1.807) is 38.1 Å². The van der Waals surface area contributed by atoms with Crippen LogP contribution in [-0.4, -0.2) is 38.3 Å². The molecule has 3 aromatic rings. The summed E-state index contributed by atoms with van der Waals surface area (Å²) in [6.07, 6.45) is 0.506. The predicted octanol–water partition coefficient (Wildman–Crippen LogP) is 4.94. The van der Waals surface area contributed by atoms with Gasteiger partial charge in [-0.25, -0.2) is 4.98 Å². The van der Waals surface area contributed by atoms with Crippen molar-refractivity contribution in [3.8, 4) is 5.75 Å². The zero-order valence-corrected chi connectivity index (χ0v) is 19.1. The second-order valence-electron chi connectivity index (χ2n) is 7.61. The van der Waals surface area contributed by atoms with Gasteiger partial charge in [-0.05, 0) is 55.7 Å². The SMILES string of the molecule is Cc1nc(C)c(C(=O)C2=C(O)C(=O)N(CCc3ccc(Cl)cc3)C2c2cccc(O)c2)s1. The lowest BCUT2D eigenvalue weighted by Crippen LogP contribution is -2.33. The third-order valence-electron chi connectivity index (χ3n) is 5.40. The molecule has 32 heavy (non-hydrogen) atoms. The Morgan fingerprint density at radius 3 is 2.50 bits per heavy atom. The standard InChI is InChI=1S/C24H21ClN2O4S/c1-13-23(32-14(2)26-13)21(29)19-20(16-4-3-5-18(28)12-16)27(24(31)22(19)30)11-10-15-6-8-17(25)9-7-15/h3-9,12,20,28,30H,10-11H2,1-2H3. The van der Waals surface area contributed by atoms with Gasteiger partial charge < -0.3 is 15.1 Å². The van der Waals surface area contributed by atoms with Crippen molar-refractivity contribution in [2.75, 3.05) is 6.54 Å². The fraction of sp³-hybridized carbons (Fsp3) is 0.208. The maximum absolute atomic E-state index is 13.5. The van der Waals surface area contributed by atoms with E-state index in [0.29, 0.717) is 27.6 Å². The molecule has 2 N–H and O–H groups in total. The molecule has 1 aliphatic rings. The highest BCUT2D eigenvalue weighted by atomic mass is 35.5. The number of thiazole rings is 1. The first-order valence-electron chi connectivity index (χ1n) is 10.0. The Morgan fingerprint density at radius 2 is 1.88 bits per heavy atom. The lowest BCUT2D eigenvalue weighted by molar-refractivity contribution is -0.129. The molecule has 8 heteroatoms. The van der Waals surface area contributed by atoms with Crippen LogP contribution in [0.4, 0.5) is 0 Å². The first kappa shape index (κ1) is 22.0. The lowest BCUT2D eigenvalue weighted by atomic mass is 9.94. The maximum atomic E-state index is 13.5. The molecular weight excluding hydrogens is 448 g/mol. The Morgan fingerprint density at radius 1 is 1.16 bits per heavy atom. The number of nitrogens with zero attached hydrogens (tertiary/aromatic N) is 2. The number of amides is 1. The monoisotopic (exact) mass is 468 g/mol. The summed E-state index contributed by atoms with van der Waals surface area (Å²) in [6.45, 7) is 3.79. The molecule has 0 spiro atoms. The summed E-state index contributed by atoms with van der Waals surface area (Å²) in [5, 5.41) is 22.1. The summed E-state index contributed by atoms with van der Waals surface area (Å²) in [6, 6.07) is 12.9. The zero-order valence-electron chi connectivity index (χ0n) is 17.5. The van der Waals surface area contributed by atoms with Gasteiger partial charge >= 0.3 is 0 Å². The quantitative estimate of drug-likeness (QED) is 0.500. The van der Waals surface area contributed by atoms with Gasteiger partial charge in [0.25, 0.3) is 5.91 Å². The highest BCUT2D eigenvalue weighted by Crippen LogP contribution is 2.40. The van der Waals surface area contributed by atoms with Gasteiger partial charge in [0.1, 0.15) is 5.75 Å². The summed E-state index contributed by atoms with van der Waals surface area (Å²) in [5.74, 6) is -1.60. The fourth-order valence-corrected chi connectivity index (χ4v) is 4.92. The Labute approximate surface area is 194 Å². The van der Waals surface area contributed by atoms with Crippen LogP contribution < -0.4 is 0 Å². The molecule has 1 aromatic heterocycles. The number of ketones is 1. The molecule has 0 saturated carbocycles. The number of aliphatic hydroxyl groups is 1. The lowest BCUT2D eigenvalue weighted by Gasteiger charge is -2.27. The topological polar surface area (TPSA) is 90.7 Å². The van der Waals surface area contributed by atoms with Crippen molar-refractivity contribution in [1.82, 2.24) is 9.88 Å². The fourth-order valence-electron chi connectivity index (χ4n) is 3.92. The van der Waals surface area contributed by atoms with Crippen molar-refractivity contribution in [3.63, 3.8) is 0 Å². The second-order valence-corrected chi connectivity index (χ2v) is 9.25. The van der Waals surface area contributed by atoms with E-state index in [2.05, 4.69) is 4.98 Å². The highest BCUT2D eigenvalue weighted by Gasteiger charge is 2.44. The number of phenols is 1. The van der Waals surface area contributed by atoms with Gasteiger partial charge in [0.2, 0.25) is 5.78 Å². The van der Waals surface area contributed by atoms with Crippen LogP contribution in [0.25, 0.3) is 0 Å². The number of Topliss-reactive ketones (excluding diaryl/α,β-unsaturated/α-hetero) is 1. The Hall–Kier alpha value is -3.16. The minimum atomic E-state index is -0.823. The number of benzene rings is 2. The maximum Gasteiger partial charge on any atom is 0.290 e. The van der Waals surface area contributed by atoms with Crippen LogP contribution in [0.5, 0.6) is 5.75 Å². The van der Waals surface area contributed by atoms with Crippen LogP contribution in [0.15, 0.2) is 59.9 Å². The third-order valence-corrected chi connectivity index (χ3v) is 6.72. The summed E-state index contributed by atoms with van der Waals surface area (Å²) in [4.78, 5) is 32.7. The van der Waals surface area contributed by atoms with Crippen molar-refractivity contribution in [2.45, 2.75) is 26.3 Å². The average molecular weight is 469 g/mol. The second kappa shape index (κ2) is 8.76. The molecule has 6 nitrogen and oxygen atoms in total. The number of aromatic nitrogens is 1. The molecular formula is C24H21ClN2O4S. The van der Waals surface area contributed by atoms with Crippen LogP contribution in [0.3, 0.4) is 0 Å². The van der Waals surface area contributed by atoms with Gasteiger partial charge in [0.15, 0.2) is 5.76 Å². The molecule has 164 valence electrons. The molecule has 2 aromatic carbocycles. The molecule has 4 rings (SSSR count). The number of phenolic OH excluding ortho intramolecular Hbond substituents is 1.